The van der Waals surface area contributed by atoms with Crippen LogP contribution in [0.15, 0.2) is 103 Å². The fourth-order valence-electron chi connectivity index (χ4n) is 3.36. The van der Waals surface area contributed by atoms with E-state index in [-0.39, 0.29) is 39.5 Å². The molecule has 0 amide bonds. The van der Waals surface area contributed by atoms with Crippen molar-refractivity contribution >= 4 is 23.9 Å². The van der Waals surface area contributed by atoms with E-state index in [1.54, 1.807) is 30.3 Å². The first kappa shape index (κ1) is 32.0. The number of hydrogen-bond acceptors (Lipinski definition) is 8. The number of halogens is 1. The summed E-state index contributed by atoms with van der Waals surface area (Å²) in [5, 5.41) is 0. The molecule has 8 nitrogen and oxygen atoms in total. The van der Waals surface area contributed by atoms with Gasteiger partial charge in [-0.1, -0.05) is 56.6 Å². The molecule has 9 heteroatoms. The molecule has 0 spiro atoms. The van der Waals surface area contributed by atoms with Crippen LogP contribution in [-0.4, -0.2) is 23.9 Å². The number of hydrogen-bond donors (Lipinski definition) is 0. The molecule has 0 bridgehead atoms. The van der Waals surface area contributed by atoms with Gasteiger partial charge in [-0.25, -0.2) is 23.6 Å². The maximum Gasteiger partial charge on any atom is 0.338 e. The molecule has 3 aromatic rings. The summed E-state index contributed by atoms with van der Waals surface area (Å²) in [5.74, 6) is -4.93. The first-order valence-electron chi connectivity index (χ1n) is 12.8. The minimum Gasteiger partial charge on any atom is -0.419 e. The molecule has 0 aliphatic carbocycles. The van der Waals surface area contributed by atoms with Gasteiger partial charge in [-0.05, 0) is 74.2 Å². The van der Waals surface area contributed by atoms with Gasteiger partial charge in [-0.2, -0.15) is 0 Å². The van der Waals surface area contributed by atoms with Gasteiger partial charge in [-0.15, -0.1) is 0 Å². The Kier molecular flexibility index (Phi) is 9.95. The van der Waals surface area contributed by atoms with Crippen LogP contribution in [-0.2, 0) is 19.2 Å². The summed E-state index contributed by atoms with van der Waals surface area (Å²) in [7, 11) is 0. The molecule has 0 atom stereocenters. The van der Waals surface area contributed by atoms with Crippen LogP contribution in [0.4, 0.5) is 4.39 Å². The molecule has 0 radical (unpaired) electrons. The van der Waals surface area contributed by atoms with Crippen LogP contribution in [0.2, 0.25) is 0 Å². The predicted octanol–water partition coefficient (Wildman–Crippen LogP) is 7.09. The lowest BCUT2D eigenvalue weighted by molar-refractivity contribution is -0.132. The van der Waals surface area contributed by atoms with Gasteiger partial charge in [0.1, 0.15) is 0 Å². The summed E-state index contributed by atoms with van der Waals surface area (Å²) in [4.78, 5) is 48.6. The van der Waals surface area contributed by atoms with Crippen LogP contribution in [0, 0.1) is 5.82 Å². The topological polar surface area (TPSA) is 105 Å². The molecule has 0 heterocycles. The Morgan fingerprint density at radius 2 is 0.860 bits per heavy atom. The van der Waals surface area contributed by atoms with Gasteiger partial charge in [0, 0.05) is 22.3 Å². The Morgan fingerprint density at radius 1 is 0.488 bits per heavy atom. The average molecular weight is 585 g/mol. The van der Waals surface area contributed by atoms with Crippen LogP contribution in [0.1, 0.15) is 27.7 Å². The fourth-order valence-corrected chi connectivity index (χ4v) is 3.36. The lowest BCUT2D eigenvalue weighted by atomic mass is 9.99. The van der Waals surface area contributed by atoms with Crippen molar-refractivity contribution in [1.29, 1.82) is 0 Å². The van der Waals surface area contributed by atoms with Crippen molar-refractivity contribution in [1.82, 2.24) is 0 Å². The highest BCUT2D eigenvalue weighted by Gasteiger charge is 2.22. The molecule has 0 unspecified atom stereocenters. The molecule has 220 valence electrons. The Hall–Kier alpha value is -5.57. The standard InChI is InChI=1S/C34H29FO8/c1-18(2)31(36)40-27-14-13-24(16-28(27)41-32(37)19(3)4)22-9-11-23(12-10-22)25-15-26(35)30(43-34(39)21(7)8)29(17-25)42-33(38)20(5)6/h9-17H,1,3,5,7H2,2,4,6,8H3. The maximum absolute atomic E-state index is 15.2. The predicted molar refractivity (Wildman–Crippen MR) is 159 cm³/mol. The van der Waals surface area contributed by atoms with Gasteiger partial charge in [-0.3, -0.25) is 0 Å². The van der Waals surface area contributed by atoms with Gasteiger partial charge in [0.15, 0.2) is 23.1 Å². The van der Waals surface area contributed by atoms with Crippen molar-refractivity contribution in [2.75, 3.05) is 0 Å². The van der Waals surface area contributed by atoms with Crippen molar-refractivity contribution in [2.24, 2.45) is 0 Å². The zero-order chi connectivity index (χ0) is 32.0. The van der Waals surface area contributed by atoms with Crippen LogP contribution in [0.3, 0.4) is 0 Å². The van der Waals surface area contributed by atoms with Crippen LogP contribution < -0.4 is 18.9 Å². The van der Waals surface area contributed by atoms with E-state index < -0.39 is 35.4 Å². The molecule has 0 aromatic heterocycles. The number of esters is 4. The molecule has 0 aliphatic heterocycles. The van der Waals surface area contributed by atoms with E-state index in [2.05, 4.69) is 26.3 Å². The second-order valence-corrected chi connectivity index (χ2v) is 9.70. The first-order chi connectivity index (χ1) is 20.2. The summed E-state index contributed by atoms with van der Waals surface area (Å²) in [6, 6.07) is 14.0. The van der Waals surface area contributed by atoms with E-state index in [1.165, 1.54) is 45.9 Å². The minimum atomic E-state index is -0.940. The molecule has 3 aromatic carbocycles. The highest BCUT2D eigenvalue weighted by Crippen LogP contribution is 2.38. The average Bonchev–Trinajstić information content (AvgIpc) is 2.95. The van der Waals surface area contributed by atoms with Gasteiger partial charge < -0.3 is 18.9 Å². The van der Waals surface area contributed by atoms with Gasteiger partial charge >= 0.3 is 23.9 Å². The molecular weight excluding hydrogens is 555 g/mol. The van der Waals surface area contributed by atoms with Crippen molar-refractivity contribution < 1.29 is 42.5 Å². The molecule has 0 fully saturated rings. The van der Waals surface area contributed by atoms with E-state index in [0.717, 1.165) is 6.07 Å². The molecule has 0 saturated carbocycles. The Balaban J connectivity index is 2.01. The summed E-state index contributed by atoms with van der Waals surface area (Å²) in [6.07, 6.45) is 0. The van der Waals surface area contributed by atoms with Crippen molar-refractivity contribution in [3.8, 4) is 45.3 Å². The minimum absolute atomic E-state index is 0.00452. The molecule has 0 aliphatic rings. The van der Waals surface area contributed by atoms with E-state index in [4.69, 9.17) is 18.9 Å². The third-order valence-electron chi connectivity index (χ3n) is 5.70. The largest absolute Gasteiger partial charge is 0.419 e. The third kappa shape index (κ3) is 8.01. The highest BCUT2D eigenvalue weighted by molar-refractivity contribution is 5.92. The smallest absolute Gasteiger partial charge is 0.338 e. The van der Waals surface area contributed by atoms with E-state index >= 15 is 4.39 Å². The maximum atomic E-state index is 15.2. The van der Waals surface area contributed by atoms with Gasteiger partial charge in [0.05, 0.1) is 0 Å². The molecular formula is C34H29FO8. The molecule has 0 N–H and O–H groups in total. The summed E-state index contributed by atoms with van der Waals surface area (Å²) < 4.78 is 36.2. The van der Waals surface area contributed by atoms with Gasteiger partial charge in [0.25, 0.3) is 0 Å². The highest BCUT2D eigenvalue weighted by atomic mass is 19.1. The summed E-state index contributed by atoms with van der Waals surface area (Å²) in [6.45, 7) is 19.9. The lowest BCUT2D eigenvalue weighted by Crippen LogP contribution is -2.14. The molecule has 0 saturated heterocycles. The Labute approximate surface area is 248 Å². The normalized spacial score (nSPS) is 10.3. The second-order valence-electron chi connectivity index (χ2n) is 9.70. The van der Waals surface area contributed by atoms with Crippen LogP contribution >= 0.6 is 0 Å². The third-order valence-corrected chi connectivity index (χ3v) is 5.70. The number of rotatable bonds is 10. The van der Waals surface area contributed by atoms with Crippen molar-refractivity contribution in [3.05, 3.63) is 109 Å². The SMILES string of the molecule is C=C(C)C(=O)Oc1ccc(-c2ccc(-c3cc(F)c(OC(=O)C(=C)C)c(OC(=O)C(=C)C)c3)cc2)cc1OC(=O)C(=C)C. The van der Waals surface area contributed by atoms with Crippen LogP contribution in [0.5, 0.6) is 23.0 Å². The molecule has 3 rings (SSSR count). The van der Waals surface area contributed by atoms with E-state index in [0.29, 0.717) is 22.3 Å². The number of ether oxygens (including phenoxy) is 4. The zero-order valence-corrected chi connectivity index (χ0v) is 24.2. The zero-order valence-electron chi connectivity index (χ0n) is 24.2. The van der Waals surface area contributed by atoms with E-state index in [1.807, 2.05) is 0 Å². The monoisotopic (exact) mass is 584 g/mol. The second kappa shape index (κ2) is 13.4. The first-order valence-corrected chi connectivity index (χ1v) is 12.8. The summed E-state index contributed by atoms with van der Waals surface area (Å²) in [5.41, 5.74) is 2.53. The quantitative estimate of drug-likeness (QED) is 0.141. The number of carbonyl (C=O) groups is 4. The summed E-state index contributed by atoms with van der Waals surface area (Å²) >= 11 is 0. The van der Waals surface area contributed by atoms with Crippen molar-refractivity contribution in [3.63, 3.8) is 0 Å². The Morgan fingerprint density at radius 3 is 1.35 bits per heavy atom. The Bertz CT molecular complexity index is 1700. The molecule has 43 heavy (non-hydrogen) atoms. The van der Waals surface area contributed by atoms with Crippen molar-refractivity contribution in [2.45, 2.75) is 27.7 Å². The fraction of sp³-hybridized carbons (Fsp3) is 0.118. The number of benzene rings is 3. The van der Waals surface area contributed by atoms with E-state index in [9.17, 15) is 19.2 Å². The van der Waals surface area contributed by atoms with Gasteiger partial charge in [0.2, 0.25) is 5.75 Å². The number of carbonyl (C=O) groups excluding carboxylic acids is 4. The lowest BCUT2D eigenvalue weighted by Gasteiger charge is -2.14. The van der Waals surface area contributed by atoms with Crippen LogP contribution in [0.25, 0.3) is 22.3 Å².